The second kappa shape index (κ2) is 9.61. The molecule has 2 amide bonds. The summed E-state index contributed by atoms with van der Waals surface area (Å²) in [6.07, 6.45) is 7.77. The van der Waals surface area contributed by atoms with Gasteiger partial charge in [-0.1, -0.05) is 19.3 Å². The van der Waals surface area contributed by atoms with Gasteiger partial charge in [0.2, 0.25) is 5.91 Å². The molecule has 0 N–H and O–H groups in total. The molecule has 2 aliphatic heterocycles. The van der Waals surface area contributed by atoms with E-state index < -0.39 is 0 Å². The highest BCUT2D eigenvalue weighted by molar-refractivity contribution is 5.94. The first-order valence-electron chi connectivity index (χ1n) is 11.1. The largest absolute Gasteiger partial charge is 0.491 e. The molecule has 1 aromatic rings. The molecule has 0 spiro atoms. The number of carbonyl (C=O) groups is 2. The summed E-state index contributed by atoms with van der Waals surface area (Å²) >= 11 is 0. The van der Waals surface area contributed by atoms with Gasteiger partial charge in [-0.25, -0.2) is 0 Å². The summed E-state index contributed by atoms with van der Waals surface area (Å²) in [4.78, 5) is 29.3. The third-order valence-corrected chi connectivity index (χ3v) is 6.46. The maximum atomic E-state index is 12.9. The maximum Gasteiger partial charge on any atom is 0.254 e. The van der Waals surface area contributed by atoms with Crippen molar-refractivity contribution < 1.29 is 19.1 Å². The lowest BCUT2D eigenvalue weighted by Crippen LogP contribution is -2.42. The van der Waals surface area contributed by atoms with E-state index in [0.29, 0.717) is 44.4 Å². The average molecular weight is 401 g/mol. The van der Waals surface area contributed by atoms with E-state index in [1.54, 1.807) is 0 Å². The molecule has 4 rings (SSSR count). The van der Waals surface area contributed by atoms with Gasteiger partial charge >= 0.3 is 0 Å². The van der Waals surface area contributed by atoms with E-state index in [-0.39, 0.29) is 17.9 Å². The van der Waals surface area contributed by atoms with Gasteiger partial charge in [0.05, 0.1) is 19.3 Å². The SMILES string of the molecule is O=C(c1ccc(OCC2CCCN2C(=O)C2CCCCC2)cc1)N1CCOCC1. The van der Waals surface area contributed by atoms with Crippen LogP contribution in [0.4, 0.5) is 0 Å². The molecule has 6 nitrogen and oxygen atoms in total. The van der Waals surface area contributed by atoms with Crippen molar-refractivity contribution in [3.63, 3.8) is 0 Å². The first kappa shape index (κ1) is 20.2. The van der Waals surface area contributed by atoms with Crippen molar-refractivity contribution >= 4 is 11.8 Å². The zero-order valence-electron chi connectivity index (χ0n) is 17.2. The number of morpholine rings is 1. The topological polar surface area (TPSA) is 59.1 Å². The molecule has 0 bridgehead atoms. The summed E-state index contributed by atoms with van der Waals surface area (Å²) in [6, 6.07) is 7.53. The van der Waals surface area contributed by atoms with Crippen molar-refractivity contribution in [1.29, 1.82) is 0 Å². The fourth-order valence-corrected chi connectivity index (χ4v) is 4.72. The Labute approximate surface area is 173 Å². The summed E-state index contributed by atoms with van der Waals surface area (Å²) in [5.74, 6) is 1.34. The number of rotatable bonds is 5. The van der Waals surface area contributed by atoms with E-state index in [2.05, 4.69) is 4.90 Å². The van der Waals surface area contributed by atoms with E-state index in [9.17, 15) is 9.59 Å². The second-order valence-corrected chi connectivity index (χ2v) is 8.40. The Hall–Kier alpha value is -2.08. The molecule has 1 unspecified atom stereocenters. The van der Waals surface area contributed by atoms with Crippen LogP contribution in [0.1, 0.15) is 55.3 Å². The quantitative estimate of drug-likeness (QED) is 0.762. The summed E-state index contributed by atoms with van der Waals surface area (Å²) in [6.45, 7) is 3.87. The fourth-order valence-electron chi connectivity index (χ4n) is 4.72. The molecule has 158 valence electrons. The van der Waals surface area contributed by atoms with E-state index in [0.717, 1.165) is 38.0 Å². The van der Waals surface area contributed by atoms with Gasteiger partial charge < -0.3 is 19.3 Å². The van der Waals surface area contributed by atoms with Crippen LogP contribution in [0.3, 0.4) is 0 Å². The lowest BCUT2D eigenvalue weighted by molar-refractivity contribution is -0.137. The molecule has 0 radical (unpaired) electrons. The Morgan fingerprint density at radius 3 is 2.38 bits per heavy atom. The van der Waals surface area contributed by atoms with E-state index in [1.165, 1.54) is 19.3 Å². The van der Waals surface area contributed by atoms with Crippen LogP contribution in [0.5, 0.6) is 5.75 Å². The molecule has 3 fully saturated rings. The van der Waals surface area contributed by atoms with Gasteiger partial charge in [0, 0.05) is 31.1 Å². The molecule has 3 aliphatic rings. The van der Waals surface area contributed by atoms with Gasteiger partial charge in [-0.15, -0.1) is 0 Å². The second-order valence-electron chi connectivity index (χ2n) is 8.40. The monoisotopic (exact) mass is 400 g/mol. The Kier molecular flexibility index (Phi) is 6.70. The standard InChI is InChI=1S/C23H32N2O4/c26-22(24-13-15-28-16-14-24)19-8-10-21(11-9-19)29-17-20-7-4-12-25(20)23(27)18-5-2-1-3-6-18/h8-11,18,20H,1-7,12-17H2. The number of benzene rings is 1. The number of nitrogens with zero attached hydrogens (tertiary/aromatic N) is 2. The third kappa shape index (κ3) is 4.92. The Morgan fingerprint density at radius 1 is 0.931 bits per heavy atom. The third-order valence-electron chi connectivity index (χ3n) is 6.46. The van der Waals surface area contributed by atoms with Crippen LogP contribution in [0.25, 0.3) is 0 Å². The molecule has 1 aliphatic carbocycles. The lowest BCUT2D eigenvalue weighted by atomic mass is 9.88. The van der Waals surface area contributed by atoms with Crippen molar-refractivity contribution in [3.05, 3.63) is 29.8 Å². The molecule has 2 saturated heterocycles. The van der Waals surface area contributed by atoms with Gasteiger partial charge in [-0.05, 0) is 49.9 Å². The molecular formula is C23H32N2O4. The van der Waals surface area contributed by atoms with Crippen LogP contribution in [0.15, 0.2) is 24.3 Å². The Bertz CT molecular complexity index is 693. The Balaban J connectivity index is 1.30. The van der Waals surface area contributed by atoms with Gasteiger partial charge in [0.25, 0.3) is 5.91 Å². The van der Waals surface area contributed by atoms with E-state index >= 15 is 0 Å². The number of carbonyl (C=O) groups excluding carboxylic acids is 2. The zero-order valence-corrected chi connectivity index (χ0v) is 17.2. The van der Waals surface area contributed by atoms with Crippen LogP contribution in [-0.4, -0.2) is 67.1 Å². The summed E-state index contributed by atoms with van der Waals surface area (Å²) in [5.41, 5.74) is 0.675. The first-order chi connectivity index (χ1) is 14.2. The van der Waals surface area contributed by atoms with Gasteiger partial charge in [0.1, 0.15) is 12.4 Å². The van der Waals surface area contributed by atoms with E-state index in [4.69, 9.17) is 9.47 Å². The number of hydrogen-bond acceptors (Lipinski definition) is 4. The molecule has 2 heterocycles. The lowest BCUT2D eigenvalue weighted by Gasteiger charge is -2.30. The zero-order chi connectivity index (χ0) is 20.1. The minimum atomic E-state index is 0.0416. The normalized spacial score (nSPS) is 23.2. The predicted molar refractivity (Wildman–Crippen MR) is 110 cm³/mol. The van der Waals surface area contributed by atoms with Crippen LogP contribution < -0.4 is 4.74 Å². The molecule has 1 atom stereocenters. The molecule has 1 saturated carbocycles. The van der Waals surface area contributed by atoms with Gasteiger partial charge in [-0.3, -0.25) is 9.59 Å². The number of ether oxygens (including phenoxy) is 2. The highest BCUT2D eigenvalue weighted by atomic mass is 16.5. The highest BCUT2D eigenvalue weighted by Gasteiger charge is 2.33. The van der Waals surface area contributed by atoms with Crippen molar-refractivity contribution in [2.75, 3.05) is 39.5 Å². The minimum absolute atomic E-state index is 0.0416. The number of likely N-dealkylation sites (tertiary alicyclic amines) is 1. The summed E-state index contributed by atoms with van der Waals surface area (Å²) in [7, 11) is 0. The van der Waals surface area contributed by atoms with Crippen molar-refractivity contribution in [3.8, 4) is 5.75 Å². The van der Waals surface area contributed by atoms with Gasteiger partial charge in [0.15, 0.2) is 0 Å². The molecule has 29 heavy (non-hydrogen) atoms. The van der Waals surface area contributed by atoms with Crippen LogP contribution in [-0.2, 0) is 9.53 Å². The molecule has 1 aromatic carbocycles. The smallest absolute Gasteiger partial charge is 0.254 e. The Morgan fingerprint density at radius 2 is 1.66 bits per heavy atom. The maximum absolute atomic E-state index is 12.9. The average Bonchev–Trinajstić information content (AvgIpc) is 3.27. The first-order valence-corrected chi connectivity index (χ1v) is 11.1. The number of hydrogen-bond donors (Lipinski definition) is 0. The molecule has 0 aromatic heterocycles. The van der Waals surface area contributed by atoms with E-state index in [1.807, 2.05) is 29.2 Å². The fraction of sp³-hybridized carbons (Fsp3) is 0.652. The summed E-state index contributed by atoms with van der Waals surface area (Å²) in [5, 5.41) is 0. The number of amides is 2. The van der Waals surface area contributed by atoms with Gasteiger partial charge in [-0.2, -0.15) is 0 Å². The summed E-state index contributed by atoms with van der Waals surface area (Å²) < 4.78 is 11.3. The van der Waals surface area contributed by atoms with Crippen molar-refractivity contribution in [2.45, 2.75) is 51.0 Å². The van der Waals surface area contributed by atoms with Crippen LogP contribution in [0, 0.1) is 5.92 Å². The predicted octanol–water partition coefficient (Wildman–Crippen LogP) is 3.11. The minimum Gasteiger partial charge on any atom is -0.491 e. The van der Waals surface area contributed by atoms with Crippen LogP contribution >= 0.6 is 0 Å². The van der Waals surface area contributed by atoms with Crippen LogP contribution in [0.2, 0.25) is 0 Å². The molecular weight excluding hydrogens is 368 g/mol. The van der Waals surface area contributed by atoms with Crippen molar-refractivity contribution in [1.82, 2.24) is 9.80 Å². The van der Waals surface area contributed by atoms with Crippen molar-refractivity contribution in [2.24, 2.45) is 5.92 Å². The molecule has 6 heteroatoms. The highest BCUT2D eigenvalue weighted by Crippen LogP contribution is 2.29.